The Morgan fingerprint density at radius 1 is 1.09 bits per heavy atom. The van der Waals surface area contributed by atoms with Crippen LogP contribution in [0.15, 0.2) is 30.3 Å². The van der Waals surface area contributed by atoms with E-state index in [0.29, 0.717) is 12.1 Å². The zero-order chi connectivity index (χ0) is 15.5. The first-order valence-electron chi connectivity index (χ1n) is 8.69. The molecule has 1 saturated carbocycles. The summed E-state index contributed by atoms with van der Waals surface area (Å²) in [7, 11) is 3.91. The van der Waals surface area contributed by atoms with E-state index in [1.165, 1.54) is 31.2 Å². The summed E-state index contributed by atoms with van der Waals surface area (Å²) >= 11 is 0. The maximum atomic E-state index is 6.67. The molecule has 1 aromatic carbocycles. The van der Waals surface area contributed by atoms with Gasteiger partial charge < -0.3 is 4.52 Å². The minimum Gasteiger partial charge on any atom is -0.323 e. The number of nitrogens with zero attached hydrogens (tertiary/aromatic N) is 2. The number of fused-ring (bicyclic) bond motifs is 1. The molecule has 0 N–H and O–H groups in total. The molecule has 1 aromatic rings. The van der Waals surface area contributed by atoms with Crippen molar-refractivity contribution < 1.29 is 4.52 Å². The quantitative estimate of drug-likeness (QED) is 0.713. The average molecular weight is 320 g/mol. The third kappa shape index (κ3) is 3.23. The molecule has 0 amide bonds. The largest absolute Gasteiger partial charge is 0.323 e. The first-order valence-corrected chi connectivity index (χ1v) is 9.86. The molecule has 0 aromatic heterocycles. The van der Waals surface area contributed by atoms with E-state index in [2.05, 4.69) is 60.7 Å². The lowest BCUT2D eigenvalue weighted by Gasteiger charge is -2.30. The molecule has 0 radical (unpaired) electrons. The van der Waals surface area contributed by atoms with E-state index in [0.717, 1.165) is 12.8 Å². The van der Waals surface area contributed by atoms with Crippen LogP contribution in [0.5, 0.6) is 0 Å². The van der Waals surface area contributed by atoms with Gasteiger partial charge in [-0.1, -0.05) is 56.5 Å². The molecule has 1 aliphatic heterocycles. The molecule has 0 spiro atoms. The lowest BCUT2D eigenvalue weighted by molar-refractivity contribution is 0.192. The number of likely N-dealkylation sites (N-methyl/N-ethyl adjacent to an activating group) is 2. The molecule has 1 heterocycles. The van der Waals surface area contributed by atoms with Gasteiger partial charge in [0.1, 0.15) is 0 Å². The van der Waals surface area contributed by atoms with Gasteiger partial charge in [-0.3, -0.25) is 0 Å². The molecule has 2 aliphatic rings. The van der Waals surface area contributed by atoms with Crippen LogP contribution in [0.3, 0.4) is 0 Å². The second kappa shape index (κ2) is 7.40. The summed E-state index contributed by atoms with van der Waals surface area (Å²) in [5.41, 5.74) is 1.32. The smallest absolute Gasteiger partial charge is 0.188 e. The molecule has 3 nitrogen and oxygen atoms in total. The Hall–Kier alpha value is -0.470. The fourth-order valence-electron chi connectivity index (χ4n) is 3.91. The number of benzene rings is 1. The van der Waals surface area contributed by atoms with Crippen molar-refractivity contribution in [3.63, 3.8) is 0 Å². The number of hydrogen-bond donors (Lipinski definition) is 0. The van der Waals surface area contributed by atoms with Crippen molar-refractivity contribution in [2.24, 2.45) is 0 Å². The van der Waals surface area contributed by atoms with Gasteiger partial charge >= 0.3 is 0 Å². The summed E-state index contributed by atoms with van der Waals surface area (Å²) in [5.74, 6) is 0. The Kier molecular flexibility index (Phi) is 5.51. The van der Waals surface area contributed by atoms with E-state index in [9.17, 15) is 0 Å². The maximum Gasteiger partial charge on any atom is 0.188 e. The Morgan fingerprint density at radius 2 is 1.68 bits per heavy atom. The van der Waals surface area contributed by atoms with Gasteiger partial charge in [0.15, 0.2) is 8.45 Å². The van der Waals surface area contributed by atoms with Gasteiger partial charge in [0.25, 0.3) is 0 Å². The van der Waals surface area contributed by atoms with Crippen LogP contribution < -0.4 is 0 Å². The summed E-state index contributed by atoms with van der Waals surface area (Å²) in [4.78, 5) is 0. The molecule has 122 valence electrons. The summed E-state index contributed by atoms with van der Waals surface area (Å²) < 4.78 is 11.7. The van der Waals surface area contributed by atoms with Crippen LogP contribution in [0.25, 0.3) is 0 Å². The summed E-state index contributed by atoms with van der Waals surface area (Å²) in [6.45, 7) is 2.24. The third-order valence-electron chi connectivity index (χ3n) is 5.14. The van der Waals surface area contributed by atoms with E-state index in [1.807, 2.05) is 0 Å². The minimum atomic E-state index is -0.626. The van der Waals surface area contributed by atoms with Gasteiger partial charge in [0.05, 0.1) is 6.10 Å². The van der Waals surface area contributed by atoms with Crippen molar-refractivity contribution in [1.82, 2.24) is 9.34 Å². The van der Waals surface area contributed by atoms with Crippen molar-refractivity contribution in [1.29, 1.82) is 0 Å². The van der Waals surface area contributed by atoms with Gasteiger partial charge in [0, 0.05) is 12.1 Å². The second-order valence-corrected chi connectivity index (χ2v) is 8.59. The minimum absolute atomic E-state index is 0.224. The van der Waals surface area contributed by atoms with Gasteiger partial charge in [-0.2, -0.15) is 0 Å². The van der Waals surface area contributed by atoms with Crippen LogP contribution in [0.1, 0.15) is 57.1 Å². The van der Waals surface area contributed by atoms with Crippen LogP contribution in [-0.2, 0) is 4.52 Å². The topological polar surface area (TPSA) is 15.7 Å². The molecule has 1 aliphatic carbocycles. The average Bonchev–Trinajstić information content (AvgIpc) is 2.80. The Labute approximate surface area is 136 Å². The number of rotatable bonds is 5. The predicted octanol–water partition coefficient (Wildman–Crippen LogP) is 4.96. The van der Waals surface area contributed by atoms with Crippen LogP contribution in [0.4, 0.5) is 0 Å². The van der Waals surface area contributed by atoms with Crippen molar-refractivity contribution in [3.8, 4) is 0 Å². The molecule has 1 saturated heterocycles. The monoisotopic (exact) mass is 320 g/mol. The highest BCUT2D eigenvalue weighted by molar-refractivity contribution is 7.47. The van der Waals surface area contributed by atoms with E-state index in [1.54, 1.807) is 0 Å². The van der Waals surface area contributed by atoms with Gasteiger partial charge in [-0.15, -0.1) is 0 Å². The van der Waals surface area contributed by atoms with Gasteiger partial charge in [0.2, 0.25) is 0 Å². The molecule has 3 atom stereocenters. The molecule has 3 rings (SSSR count). The second-order valence-electron chi connectivity index (χ2n) is 6.61. The predicted molar refractivity (Wildman–Crippen MR) is 93.7 cm³/mol. The number of hydrogen-bond acceptors (Lipinski definition) is 3. The van der Waals surface area contributed by atoms with Crippen LogP contribution in [-0.4, -0.2) is 35.5 Å². The van der Waals surface area contributed by atoms with Crippen LogP contribution in [0.2, 0.25) is 0 Å². The van der Waals surface area contributed by atoms with E-state index >= 15 is 0 Å². The van der Waals surface area contributed by atoms with Gasteiger partial charge in [-0.05, 0) is 38.9 Å². The lowest BCUT2D eigenvalue weighted by atomic mass is 9.91. The highest BCUT2D eigenvalue weighted by Crippen LogP contribution is 2.58. The van der Waals surface area contributed by atoms with Crippen molar-refractivity contribution in [2.45, 2.75) is 63.6 Å². The first-order chi connectivity index (χ1) is 10.7. The molecular formula is C18H29N2OP. The van der Waals surface area contributed by atoms with E-state index in [-0.39, 0.29) is 6.10 Å². The molecular weight excluding hydrogens is 291 g/mol. The highest BCUT2D eigenvalue weighted by Gasteiger charge is 2.46. The standard InChI is InChI=1S/C18H29N2OP/c1-4-10-18(15-11-6-5-7-12-15)21-22-19(2)16-13-8-9-14-17(16)20(22)3/h5-7,11-12,16-18H,4,8-10,13-14H2,1-3H3/t16-,17-,18+/m1/s1. The van der Waals surface area contributed by atoms with Crippen molar-refractivity contribution in [3.05, 3.63) is 35.9 Å². The van der Waals surface area contributed by atoms with E-state index < -0.39 is 8.45 Å². The van der Waals surface area contributed by atoms with Gasteiger partial charge in [-0.25, -0.2) is 9.34 Å². The highest BCUT2D eigenvalue weighted by atomic mass is 31.2. The summed E-state index contributed by atoms with van der Waals surface area (Å²) in [6.07, 6.45) is 7.89. The Balaban J connectivity index is 1.74. The zero-order valence-electron chi connectivity index (χ0n) is 14.1. The SMILES string of the molecule is CCC[C@H](OP1N(C)[C@@H]2CCCC[C@H]2N1C)c1ccccc1. The fourth-order valence-corrected chi connectivity index (χ4v) is 6.16. The molecule has 2 fully saturated rings. The van der Waals surface area contributed by atoms with Crippen molar-refractivity contribution >= 4 is 8.45 Å². The fraction of sp³-hybridized carbons (Fsp3) is 0.667. The molecule has 4 heteroatoms. The lowest BCUT2D eigenvalue weighted by Crippen LogP contribution is -2.37. The Bertz CT molecular complexity index is 451. The van der Waals surface area contributed by atoms with E-state index in [4.69, 9.17) is 4.52 Å². The normalized spacial score (nSPS) is 28.7. The van der Waals surface area contributed by atoms with Crippen LogP contribution >= 0.6 is 8.45 Å². The van der Waals surface area contributed by atoms with Crippen molar-refractivity contribution in [2.75, 3.05) is 14.1 Å². The Morgan fingerprint density at radius 3 is 2.23 bits per heavy atom. The molecule has 0 bridgehead atoms. The maximum absolute atomic E-state index is 6.67. The third-order valence-corrected chi connectivity index (χ3v) is 7.25. The zero-order valence-corrected chi connectivity index (χ0v) is 15.0. The molecule has 22 heavy (non-hydrogen) atoms. The summed E-state index contributed by atoms with van der Waals surface area (Å²) in [5, 5.41) is 0. The first kappa shape index (κ1) is 16.4. The summed E-state index contributed by atoms with van der Waals surface area (Å²) in [6, 6.07) is 12.1. The molecule has 0 unspecified atom stereocenters. The van der Waals surface area contributed by atoms with Crippen LogP contribution in [0, 0.1) is 0 Å².